The summed E-state index contributed by atoms with van der Waals surface area (Å²) in [7, 11) is 0. The van der Waals surface area contributed by atoms with E-state index >= 15 is 0 Å². The lowest BCUT2D eigenvalue weighted by atomic mass is 9.91. The fraction of sp³-hybridized carbons (Fsp3) is 0.171. The van der Waals surface area contributed by atoms with Crippen LogP contribution in [0.4, 0.5) is 11.4 Å². The van der Waals surface area contributed by atoms with E-state index < -0.39 is 11.8 Å². The van der Waals surface area contributed by atoms with Crippen molar-refractivity contribution in [1.29, 1.82) is 5.26 Å². The second-order valence-corrected chi connectivity index (χ2v) is 13.2. The quantitative estimate of drug-likeness (QED) is 0.143. The van der Waals surface area contributed by atoms with Crippen LogP contribution in [-0.4, -0.2) is 23.5 Å². The van der Waals surface area contributed by atoms with Gasteiger partial charge in [0.05, 0.1) is 21.1 Å². The van der Waals surface area contributed by atoms with Crippen molar-refractivity contribution in [1.82, 2.24) is 0 Å². The molecule has 0 aliphatic carbocycles. The number of phenolic OH excluding ortho intramolecular Hbond substituents is 1. The summed E-state index contributed by atoms with van der Waals surface area (Å²) in [5.41, 5.74) is 4.97. The summed E-state index contributed by atoms with van der Waals surface area (Å²) in [6, 6.07) is 24.0. The summed E-state index contributed by atoms with van der Waals surface area (Å²) in [5.74, 6) is -1.04. The number of hydrogen-bond donors (Lipinski definition) is 2. The van der Waals surface area contributed by atoms with Crippen LogP contribution in [-0.2, 0) is 4.79 Å². The van der Waals surface area contributed by atoms with Crippen LogP contribution in [0.1, 0.15) is 52.4 Å². The highest BCUT2D eigenvalue weighted by Gasteiger charge is 2.21. The predicted octanol–water partition coefficient (Wildman–Crippen LogP) is 10.0. The number of allylic oxidation sites excluding steroid dienone is 1. The third-order valence-corrected chi connectivity index (χ3v) is 8.83. The second-order valence-electron chi connectivity index (χ2n) is 9.91. The standard InChI is InChI=1S/C22H14Cl2I2N2O2.C13H17NO/c1-11-6-15(17(10-27)12-2-4-13(23)5-3-12)18(24)9-20(11)28-22(30)16-7-14(25)8-19(26)21(16)29;1-4-8-13(15)14(5-2)12-10-7-6-9-11(12)3/h2-9,17,29H,1H3,(H,28,30);4,6-10H,5H2,1-3H3/b;8-4+. The Kier molecular flexibility index (Phi) is 13.7. The maximum Gasteiger partial charge on any atom is 0.259 e. The van der Waals surface area contributed by atoms with E-state index in [-0.39, 0.29) is 17.2 Å². The molecular weight excluding hydrogens is 835 g/mol. The Morgan fingerprint density at radius 2 is 1.69 bits per heavy atom. The number of likely N-dealkylation sites (N-methyl/N-ethyl adjacent to an activating group) is 1. The fourth-order valence-corrected chi connectivity index (χ4v) is 6.75. The molecule has 2 amide bonds. The summed E-state index contributed by atoms with van der Waals surface area (Å²) in [4.78, 5) is 26.3. The van der Waals surface area contributed by atoms with Gasteiger partial charge in [0.15, 0.2) is 0 Å². The summed E-state index contributed by atoms with van der Waals surface area (Å²) in [5, 5.41) is 23.7. The predicted molar refractivity (Wildman–Crippen MR) is 201 cm³/mol. The highest BCUT2D eigenvalue weighted by Crippen LogP contribution is 2.35. The first kappa shape index (κ1) is 36.4. The van der Waals surface area contributed by atoms with Crippen LogP contribution in [0.2, 0.25) is 10.0 Å². The molecule has 4 aromatic carbocycles. The molecule has 232 valence electrons. The van der Waals surface area contributed by atoms with Crippen molar-refractivity contribution in [3.63, 3.8) is 0 Å². The van der Waals surface area contributed by atoms with Gasteiger partial charge in [-0.1, -0.05) is 65.7 Å². The van der Waals surface area contributed by atoms with Crippen molar-refractivity contribution in [2.24, 2.45) is 0 Å². The summed E-state index contributed by atoms with van der Waals surface area (Å²) in [6.45, 7) is 8.36. The number of anilines is 2. The number of carbonyl (C=O) groups is 2. The number of halogens is 4. The Morgan fingerprint density at radius 1 is 1.02 bits per heavy atom. The van der Waals surface area contributed by atoms with Crippen LogP contribution in [0.3, 0.4) is 0 Å². The van der Waals surface area contributed by atoms with Gasteiger partial charge in [-0.25, -0.2) is 0 Å². The first-order valence-electron chi connectivity index (χ1n) is 13.9. The van der Waals surface area contributed by atoms with E-state index in [0.717, 1.165) is 25.9 Å². The van der Waals surface area contributed by atoms with Crippen LogP contribution in [0, 0.1) is 32.3 Å². The van der Waals surface area contributed by atoms with E-state index in [2.05, 4.69) is 34.0 Å². The number of phenols is 1. The molecule has 0 heterocycles. The average Bonchev–Trinajstić information content (AvgIpc) is 3.00. The summed E-state index contributed by atoms with van der Waals surface area (Å²) < 4.78 is 1.43. The SMILES string of the molecule is C/C=C/C(=O)N(CC)c1ccccc1C.Cc1cc(C(C#N)c2ccc(Cl)cc2)c(Cl)cc1NC(=O)c1cc(I)cc(I)c1O. The highest BCUT2D eigenvalue weighted by atomic mass is 127. The monoisotopic (exact) mass is 865 g/mol. The lowest BCUT2D eigenvalue weighted by Gasteiger charge is -2.21. The third-order valence-electron chi connectivity index (χ3n) is 6.81. The normalized spacial score (nSPS) is 11.3. The maximum atomic E-state index is 12.7. The van der Waals surface area contributed by atoms with Gasteiger partial charge in [0.2, 0.25) is 0 Å². The van der Waals surface area contributed by atoms with E-state index in [4.69, 9.17) is 23.2 Å². The van der Waals surface area contributed by atoms with Gasteiger partial charge in [0, 0.05) is 31.5 Å². The minimum atomic E-state index is -0.570. The van der Waals surface area contributed by atoms with E-state index in [1.54, 1.807) is 65.6 Å². The van der Waals surface area contributed by atoms with Gasteiger partial charge in [-0.2, -0.15) is 5.26 Å². The van der Waals surface area contributed by atoms with E-state index in [1.807, 2.05) is 74.6 Å². The van der Waals surface area contributed by atoms with Gasteiger partial charge in [0.25, 0.3) is 11.8 Å². The van der Waals surface area contributed by atoms with Crippen molar-refractivity contribution in [2.75, 3.05) is 16.8 Å². The molecule has 0 saturated heterocycles. The average molecular weight is 866 g/mol. The van der Waals surface area contributed by atoms with E-state index in [1.165, 1.54) is 0 Å². The van der Waals surface area contributed by atoms with Crippen molar-refractivity contribution >= 4 is 91.6 Å². The molecule has 10 heteroatoms. The summed E-state index contributed by atoms with van der Waals surface area (Å²) in [6.07, 6.45) is 3.36. The van der Waals surface area contributed by atoms with Crippen molar-refractivity contribution in [2.45, 2.75) is 33.6 Å². The first-order valence-corrected chi connectivity index (χ1v) is 16.8. The topological polar surface area (TPSA) is 93.4 Å². The van der Waals surface area contributed by atoms with Crippen molar-refractivity contribution in [3.05, 3.63) is 130 Å². The molecule has 4 aromatic rings. The molecular formula is C35H31Cl2I2N3O3. The Balaban J connectivity index is 0.000000309. The highest BCUT2D eigenvalue weighted by molar-refractivity contribution is 14.1. The largest absolute Gasteiger partial charge is 0.506 e. The summed E-state index contributed by atoms with van der Waals surface area (Å²) >= 11 is 16.5. The van der Waals surface area contributed by atoms with Crippen molar-refractivity contribution < 1.29 is 14.7 Å². The number of aryl methyl sites for hydroxylation is 2. The number of para-hydroxylation sites is 1. The molecule has 1 atom stereocenters. The zero-order valence-corrected chi connectivity index (χ0v) is 30.9. The molecule has 0 radical (unpaired) electrons. The van der Waals surface area contributed by atoms with E-state index in [0.29, 0.717) is 31.4 Å². The molecule has 4 rings (SSSR count). The van der Waals surface area contributed by atoms with Crippen LogP contribution in [0.5, 0.6) is 5.75 Å². The van der Waals surface area contributed by atoms with Crippen molar-refractivity contribution in [3.8, 4) is 11.8 Å². The molecule has 0 spiro atoms. The van der Waals surface area contributed by atoms with Gasteiger partial charge in [-0.3, -0.25) is 9.59 Å². The Hall–Kier alpha value is -3.11. The maximum absolute atomic E-state index is 12.7. The van der Waals surface area contributed by atoms with Crippen LogP contribution >= 0.6 is 68.4 Å². The number of nitriles is 1. The molecule has 0 aliphatic rings. The number of nitrogens with zero attached hydrogens (tertiary/aromatic N) is 2. The molecule has 6 nitrogen and oxygen atoms in total. The van der Waals surface area contributed by atoms with Gasteiger partial charge < -0.3 is 15.3 Å². The van der Waals surface area contributed by atoms with Gasteiger partial charge in [-0.15, -0.1) is 0 Å². The van der Waals surface area contributed by atoms with Crippen LogP contribution < -0.4 is 10.2 Å². The van der Waals surface area contributed by atoms with Crippen LogP contribution in [0.25, 0.3) is 0 Å². The molecule has 0 bridgehead atoms. The van der Waals surface area contributed by atoms with Crippen LogP contribution in [0.15, 0.2) is 84.9 Å². The fourth-order valence-electron chi connectivity index (χ4n) is 4.51. The number of amides is 2. The zero-order chi connectivity index (χ0) is 33.3. The Labute approximate surface area is 301 Å². The number of rotatable bonds is 7. The molecule has 0 aliphatic heterocycles. The number of nitrogens with one attached hydrogen (secondary N) is 1. The molecule has 45 heavy (non-hydrogen) atoms. The van der Waals surface area contributed by atoms with Gasteiger partial charge in [-0.05, 0) is 138 Å². The molecule has 0 fully saturated rings. The number of hydrogen-bond acceptors (Lipinski definition) is 4. The van der Waals surface area contributed by atoms with Gasteiger partial charge >= 0.3 is 0 Å². The lowest BCUT2D eigenvalue weighted by molar-refractivity contribution is -0.114. The molecule has 0 aromatic heterocycles. The number of aromatic hydroxyl groups is 1. The first-order chi connectivity index (χ1) is 21.4. The Bertz CT molecular complexity index is 1770. The third kappa shape index (κ3) is 9.45. The number of benzene rings is 4. The molecule has 2 N–H and O–H groups in total. The minimum absolute atomic E-state index is 0.0364. The molecule has 1 unspecified atom stereocenters. The molecule has 0 saturated carbocycles. The minimum Gasteiger partial charge on any atom is -0.506 e. The van der Waals surface area contributed by atoms with Gasteiger partial charge in [0.1, 0.15) is 5.75 Å². The van der Waals surface area contributed by atoms with E-state index in [9.17, 15) is 20.0 Å². The Morgan fingerprint density at radius 3 is 2.29 bits per heavy atom. The smallest absolute Gasteiger partial charge is 0.259 e. The zero-order valence-electron chi connectivity index (χ0n) is 25.0. The lowest BCUT2D eigenvalue weighted by Crippen LogP contribution is -2.29. The number of carbonyl (C=O) groups excluding carboxylic acids is 2. The second kappa shape index (κ2) is 17.0.